The van der Waals surface area contributed by atoms with Crippen molar-refractivity contribution in [3.63, 3.8) is 0 Å². The van der Waals surface area contributed by atoms with E-state index in [0.29, 0.717) is 9.90 Å². The van der Waals surface area contributed by atoms with E-state index in [4.69, 9.17) is 11.6 Å². The molecule has 0 aliphatic heterocycles. The first kappa shape index (κ1) is 12.9. The van der Waals surface area contributed by atoms with Crippen LogP contribution >= 0.6 is 22.9 Å². The highest BCUT2D eigenvalue weighted by Gasteiger charge is 2.26. The minimum atomic E-state index is -0.115. The van der Waals surface area contributed by atoms with Crippen molar-refractivity contribution in [2.24, 2.45) is 5.92 Å². The quantitative estimate of drug-likeness (QED) is 0.890. The number of amides is 1. The van der Waals surface area contributed by atoms with E-state index in [-0.39, 0.29) is 24.5 Å². The number of halogens is 1. The molecule has 1 amide bonds. The molecule has 2 atom stereocenters. The Kier molecular flexibility index (Phi) is 4.42. The maximum absolute atomic E-state index is 12.0. The number of nitrogens with one attached hydrogen (secondary N) is 1. The van der Waals surface area contributed by atoms with Crippen LogP contribution in [0.1, 0.15) is 35.4 Å². The molecular weight excluding hydrogens is 258 g/mol. The van der Waals surface area contributed by atoms with Crippen LogP contribution < -0.4 is 5.32 Å². The molecule has 1 aromatic rings. The van der Waals surface area contributed by atoms with Crippen molar-refractivity contribution >= 4 is 28.8 Å². The predicted octanol–water partition coefficient (Wildman–Crippen LogP) is 2.68. The molecular formula is C12H16ClNO2S. The zero-order valence-corrected chi connectivity index (χ0v) is 11.1. The number of hydrogen-bond acceptors (Lipinski definition) is 3. The van der Waals surface area contributed by atoms with Crippen LogP contribution in [-0.4, -0.2) is 23.7 Å². The van der Waals surface area contributed by atoms with Crippen molar-refractivity contribution in [3.05, 3.63) is 21.3 Å². The third kappa shape index (κ3) is 3.00. The van der Waals surface area contributed by atoms with E-state index in [1.165, 1.54) is 11.3 Å². The Labute approximate surface area is 110 Å². The topological polar surface area (TPSA) is 49.3 Å². The molecule has 1 fully saturated rings. The summed E-state index contributed by atoms with van der Waals surface area (Å²) in [6.45, 7) is 0.142. The second kappa shape index (κ2) is 5.85. The Morgan fingerprint density at radius 3 is 2.94 bits per heavy atom. The summed E-state index contributed by atoms with van der Waals surface area (Å²) in [4.78, 5) is 12.6. The average Bonchev–Trinajstić information content (AvgIpc) is 2.76. The number of thiophene rings is 1. The summed E-state index contributed by atoms with van der Waals surface area (Å²) in [5, 5.41) is 14.6. The van der Waals surface area contributed by atoms with Gasteiger partial charge in [0.05, 0.1) is 5.02 Å². The highest BCUT2D eigenvalue weighted by molar-refractivity contribution is 7.12. The molecule has 2 unspecified atom stereocenters. The van der Waals surface area contributed by atoms with Crippen LogP contribution in [0.25, 0.3) is 0 Å². The lowest BCUT2D eigenvalue weighted by molar-refractivity contribution is 0.0877. The standard InChI is InChI=1S/C12H16ClNO2S/c13-9-5-6-17-11(9)12(16)14-10-4-2-1-3-8(10)7-15/h5-6,8,10,15H,1-4,7H2,(H,14,16). The van der Waals surface area contributed by atoms with Gasteiger partial charge in [-0.2, -0.15) is 0 Å². The molecule has 0 spiro atoms. The lowest BCUT2D eigenvalue weighted by Crippen LogP contribution is -2.43. The monoisotopic (exact) mass is 273 g/mol. The zero-order chi connectivity index (χ0) is 12.3. The maximum atomic E-state index is 12.0. The minimum absolute atomic E-state index is 0.0828. The Bertz CT molecular complexity index is 394. The fraction of sp³-hybridized carbons (Fsp3) is 0.583. The first-order valence-corrected chi connectivity index (χ1v) is 7.13. The van der Waals surface area contributed by atoms with Crippen molar-refractivity contribution in [2.45, 2.75) is 31.7 Å². The molecule has 0 saturated heterocycles. The van der Waals surface area contributed by atoms with Gasteiger partial charge in [0.2, 0.25) is 0 Å². The lowest BCUT2D eigenvalue weighted by atomic mass is 9.85. The fourth-order valence-electron chi connectivity index (χ4n) is 2.31. The second-order valence-corrected chi connectivity index (χ2v) is 5.73. The molecule has 5 heteroatoms. The summed E-state index contributed by atoms with van der Waals surface area (Å²) >= 11 is 7.27. The van der Waals surface area contributed by atoms with Gasteiger partial charge in [-0.1, -0.05) is 24.4 Å². The van der Waals surface area contributed by atoms with Gasteiger partial charge >= 0.3 is 0 Å². The molecule has 2 N–H and O–H groups in total. The van der Waals surface area contributed by atoms with Crippen LogP contribution in [0.3, 0.4) is 0 Å². The third-order valence-electron chi connectivity index (χ3n) is 3.28. The predicted molar refractivity (Wildman–Crippen MR) is 69.6 cm³/mol. The van der Waals surface area contributed by atoms with Crippen molar-refractivity contribution in [2.75, 3.05) is 6.61 Å². The van der Waals surface area contributed by atoms with E-state index in [1.54, 1.807) is 6.07 Å². The van der Waals surface area contributed by atoms with Crippen LogP contribution in [-0.2, 0) is 0 Å². The van der Waals surface area contributed by atoms with E-state index in [0.717, 1.165) is 25.7 Å². The number of carbonyl (C=O) groups excluding carboxylic acids is 1. The van der Waals surface area contributed by atoms with Gasteiger partial charge in [0.1, 0.15) is 4.88 Å². The van der Waals surface area contributed by atoms with Crippen molar-refractivity contribution in [1.29, 1.82) is 0 Å². The Morgan fingerprint density at radius 1 is 1.53 bits per heavy atom. The molecule has 1 aliphatic rings. The molecule has 1 saturated carbocycles. The molecule has 2 rings (SSSR count). The number of carbonyl (C=O) groups is 1. The Balaban J connectivity index is 2.00. The summed E-state index contributed by atoms with van der Waals surface area (Å²) in [5.74, 6) is 0.0711. The molecule has 0 aromatic carbocycles. The fourth-order valence-corrected chi connectivity index (χ4v) is 3.35. The zero-order valence-electron chi connectivity index (χ0n) is 9.49. The van der Waals surface area contributed by atoms with Gasteiger partial charge in [-0.25, -0.2) is 0 Å². The highest BCUT2D eigenvalue weighted by Crippen LogP contribution is 2.26. The summed E-state index contributed by atoms with van der Waals surface area (Å²) in [6, 6.07) is 1.81. The Hall–Kier alpha value is -0.580. The minimum Gasteiger partial charge on any atom is -0.396 e. The number of rotatable bonds is 3. The SMILES string of the molecule is O=C(NC1CCCCC1CO)c1sccc1Cl. The van der Waals surface area contributed by atoms with Gasteiger partial charge in [-0.3, -0.25) is 4.79 Å². The third-order valence-corrected chi connectivity index (χ3v) is 4.62. The van der Waals surface area contributed by atoms with Crippen molar-refractivity contribution in [1.82, 2.24) is 5.32 Å². The number of hydrogen-bond donors (Lipinski definition) is 2. The molecule has 3 nitrogen and oxygen atoms in total. The van der Waals surface area contributed by atoms with Crippen LogP contribution in [0.15, 0.2) is 11.4 Å². The summed E-state index contributed by atoms with van der Waals surface area (Å²) < 4.78 is 0. The summed E-state index contributed by atoms with van der Waals surface area (Å²) in [7, 11) is 0. The Morgan fingerprint density at radius 2 is 2.29 bits per heavy atom. The first-order chi connectivity index (χ1) is 8.22. The van der Waals surface area contributed by atoms with Gasteiger partial charge in [0.25, 0.3) is 5.91 Å². The lowest BCUT2D eigenvalue weighted by Gasteiger charge is -2.30. The van der Waals surface area contributed by atoms with Gasteiger partial charge in [-0.05, 0) is 24.3 Å². The molecule has 0 radical (unpaired) electrons. The second-order valence-electron chi connectivity index (χ2n) is 4.40. The molecule has 1 aromatic heterocycles. The first-order valence-electron chi connectivity index (χ1n) is 5.87. The van der Waals surface area contributed by atoms with E-state index in [2.05, 4.69) is 5.32 Å². The van der Waals surface area contributed by atoms with Crippen molar-refractivity contribution < 1.29 is 9.90 Å². The summed E-state index contributed by atoms with van der Waals surface area (Å²) in [6.07, 6.45) is 4.18. The van der Waals surface area contributed by atoms with E-state index >= 15 is 0 Å². The van der Waals surface area contributed by atoms with E-state index in [9.17, 15) is 9.90 Å². The van der Waals surface area contributed by atoms with Crippen LogP contribution in [0.5, 0.6) is 0 Å². The maximum Gasteiger partial charge on any atom is 0.263 e. The van der Waals surface area contributed by atoms with Gasteiger partial charge in [0, 0.05) is 18.6 Å². The van der Waals surface area contributed by atoms with Crippen LogP contribution in [0.4, 0.5) is 0 Å². The van der Waals surface area contributed by atoms with Gasteiger partial charge < -0.3 is 10.4 Å². The molecule has 0 bridgehead atoms. The van der Waals surface area contributed by atoms with E-state index in [1.807, 2.05) is 5.38 Å². The average molecular weight is 274 g/mol. The van der Waals surface area contributed by atoms with E-state index < -0.39 is 0 Å². The number of aliphatic hydroxyl groups excluding tert-OH is 1. The largest absolute Gasteiger partial charge is 0.396 e. The van der Waals surface area contributed by atoms with Gasteiger partial charge in [0.15, 0.2) is 0 Å². The van der Waals surface area contributed by atoms with Crippen LogP contribution in [0.2, 0.25) is 5.02 Å². The van der Waals surface area contributed by atoms with Crippen LogP contribution in [0, 0.1) is 5.92 Å². The number of aliphatic hydroxyl groups is 1. The molecule has 1 aliphatic carbocycles. The van der Waals surface area contributed by atoms with Gasteiger partial charge in [-0.15, -0.1) is 11.3 Å². The normalized spacial score (nSPS) is 24.6. The molecule has 94 valence electrons. The molecule has 17 heavy (non-hydrogen) atoms. The molecule has 1 heterocycles. The smallest absolute Gasteiger partial charge is 0.263 e. The highest BCUT2D eigenvalue weighted by atomic mass is 35.5. The summed E-state index contributed by atoms with van der Waals surface area (Å²) in [5.41, 5.74) is 0. The van der Waals surface area contributed by atoms with Crippen molar-refractivity contribution in [3.8, 4) is 0 Å².